The van der Waals surface area contributed by atoms with Crippen molar-refractivity contribution in [3.05, 3.63) is 47.3 Å². The second-order valence-electron chi connectivity index (χ2n) is 4.71. The van der Waals surface area contributed by atoms with Gasteiger partial charge in [-0.2, -0.15) is 5.10 Å². The number of aromatic nitrogens is 2. The molecule has 3 N–H and O–H groups in total. The number of nitrogens with two attached hydrogens (primary N) is 1. The van der Waals surface area contributed by atoms with Crippen molar-refractivity contribution >= 4 is 11.6 Å². The normalized spacial score (nSPS) is 10.6. The number of benzene rings is 1. The summed E-state index contributed by atoms with van der Waals surface area (Å²) in [5.74, 6) is -0.119. The van der Waals surface area contributed by atoms with Crippen LogP contribution in [0.2, 0.25) is 0 Å². The summed E-state index contributed by atoms with van der Waals surface area (Å²) in [6.45, 7) is 2.59. The average Bonchev–Trinajstić information content (AvgIpc) is 2.79. The Morgan fingerprint density at radius 2 is 2.25 bits per heavy atom. The van der Waals surface area contributed by atoms with Gasteiger partial charge in [0.1, 0.15) is 0 Å². The molecule has 0 spiro atoms. The van der Waals surface area contributed by atoms with Crippen LogP contribution in [0.3, 0.4) is 0 Å². The third kappa shape index (κ3) is 3.24. The van der Waals surface area contributed by atoms with Crippen LogP contribution >= 0.6 is 0 Å². The summed E-state index contributed by atoms with van der Waals surface area (Å²) >= 11 is 0. The van der Waals surface area contributed by atoms with E-state index < -0.39 is 0 Å². The van der Waals surface area contributed by atoms with Gasteiger partial charge < -0.3 is 11.1 Å². The number of amides is 1. The second-order valence-corrected chi connectivity index (χ2v) is 4.71. The summed E-state index contributed by atoms with van der Waals surface area (Å²) in [6.07, 6.45) is 3.37. The minimum Gasteiger partial charge on any atom is -0.330 e. The summed E-state index contributed by atoms with van der Waals surface area (Å²) in [5, 5.41) is 7.22. The zero-order valence-corrected chi connectivity index (χ0v) is 11.9. The predicted octanol–water partition coefficient (Wildman–Crippen LogP) is 1.74. The van der Waals surface area contributed by atoms with E-state index in [0.717, 1.165) is 29.8 Å². The number of aryl methyl sites for hydroxylation is 2. The van der Waals surface area contributed by atoms with Crippen molar-refractivity contribution < 1.29 is 4.79 Å². The molecule has 0 saturated heterocycles. The van der Waals surface area contributed by atoms with Gasteiger partial charge in [0, 0.05) is 18.8 Å². The van der Waals surface area contributed by atoms with E-state index in [1.165, 1.54) is 0 Å². The van der Waals surface area contributed by atoms with Crippen molar-refractivity contribution in [1.82, 2.24) is 9.78 Å². The summed E-state index contributed by atoms with van der Waals surface area (Å²) < 4.78 is 1.71. The molecule has 106 valence electrons. The summed E-state index contributed by atoms with van der Waals surface area (Å²) in [4.78, 5) is 12.3. The van der Waals surface area contributed by atoms with Gasteiger partial charge in [-0.3, -0.25) is 9.48 Å². The molecule has 0 bridgehead atoms. The molecule has 1 heterocycles. The quantitative estimate of drug-likeness (QED) is 0.870. The monoisotopic (exact) mass is 272 g/mol. The molecule has 0 radical (unpaired) electrons. The predicted molar refractivity (Wildman–Crippen MR) is 79.7 cm³/mol. The number of hydrogen-bond acceptors (Lipinski definition) is 3. The molecule has 1 aromatic carbocycles. The standard InChI is InChI=1S/C15H20N4O/c1-3-13-14(10-19(2)18-13)17-15(20)12-6-4-5-11(9-12)7-8-16/h4-6,9-10H,3,7-8,16H2,1-2H3,(H,17,20). The zero-order valence-electron chi connectivity index (χ0n) is 11.9. The first kappa shape index (κ1) is 14.3. The van der Waals surface area contributed by atoms with E-state index in [1.54, 1.807) is 10.7 Å². The molecule has 5 nitrogen and oxygen atoms in total. The van der Waals surface area contributed by atoms with Crippen LogP contribution in [-0.4, -0.2) is 22.2 Å². The van der Waals surface area contributed by atoms with Gasteiger partial charge in [0.25, 0.3) is 5.91 Å². The third-order valence-corrected chi connectivity index (χ3v) is 3.11. The molecule has 1 amide bonds. The van der Waals surface area contributed by atoms with Gasteiger partial charge in [-0.1, -0.05) is 19.1 Å². The van der Waals surface area contributed by atoms with Crippen molar-refractivity contribution in [2.24, 2.45) is 12.8 Å². The van der Waals surface area contributed by atoms with Crippen molar-refractivity contribution in [3.8, 4) is 0 Å². The molecule has 20 heavy (non-hydrogen) atoms. The lowest BCUT2D eigenvalue weighted by atomic mass is 10.1. The summed E-state index contributed by atoms with van der Waals surface area (Å²) in [7, 11) is 1.84. The Morgan fingerprint density at radius 1 is 1.45 bits per heavy atom. The first-order valence-corrected chi connectivity index (χ1v) is 6.77. The van der Waals surface area contributed by atoms with Crippen LogP contribution in [-0.2, 0) is 19.9 Å². The van der Waals surface area contributed by atoms with Crippen molar-refractivity contribution in [1.29, 1.82) is 0 Å². The zero-order chi connectivity index (χ0) is 14.5. The van der Waals surface area contributed by atoms with Crippen molar-refractivity contribution in [2.75, 3.05) is 11.9 Å². The van der Waals surface area contributed by atoms with Crippen LogP contribution in [0, 0.1) is 0 Å². The number of nitrogens with one attached hydrogen (secondary N) is 1. The molecule has 2 aromatic rings. The molecule has 0 saturated carbocycles. The molecular weight excluding hydrogens is 252 g/mol. The number of carbonyl (C=O) groups is 1. The highest BCUT2D eigenvalue weighted by molar-refractivity contribution is 6.04. The Kier molecular flexibility index (Phi) is 4.53. The Labute approximate surface area is 118 Å². The molecular formula is C15H20N4O. The smallest absolute Gasteiger partial charge is 0.255 e. The maximum absolute atomic E-state index is 12.3. The topological polar surface area (TPSA) is 72.9 Å². The highest BCUT2D eigenvalue weighted by Crippen LogP contribution is 2.15. The molecule has 5 heteroatoms. The van der Waals surface area contributed by atoms with Gasteiger partial charge in [-0.15, -0.1) is 0 Å². The molecule has 1 aromatic heterocycles. The SMILES string of the molecule is CCc1nn(C)cc1NC(=O)c1cccc(CCN)c1. The fourth-order valence-electron chi connectivity index (χ4n) is 2.13. The maximum atomic E-state index is 12.3. The maximum Gasteiger partial charge on any atom is 0.255 e. The molecule has 2 rings (SSSR count). The number of carbonyl (C=O) groups excluding carboxylic acids is 1. The lowest BCUT2D eigenvalue weighted by Crippen LogP contribution is -2.13. The molecule has 0 aliphatic heterocycles. The van der Waals surface area contributed by atoms with Gasteiger partial charge >= 0.3 is 0 Å². The third-order valence-electron chi connectivity index (χ3n) is 3.11. The Balaban J connectivity index is 2.17. The molecule has 0 unspecified atom stereocenters. The summed E-state index contributed by atoms with van der Waals surface area (Å²) in [5.41, 5.74) is 8.91. The Morgan fingerprint density at radius 3 is 2.95 bits per heavy atom. The number of hydrogen-bond donors (Lipinski definition) is 2. The average molecular weight is 272 g/mol. The van der Waals surface area contributed by atoms with Crippen LogP contribution in [0.25, 0.3) is 0 Å². The van der Waals surface area contributed by atoms with E-state index in [1.807, 2.05) is 38.4 Å². The van der Waals surface area contributed by atoms with Gasteiger partial charge in [0.15, 0.2) is 0 Å². The van der Waals surface area contributed by atoms with E-state index in [-0.39, 0.29) is 5.91 Å². The van der Waals surface area contributed by atoms with Crippen molar-refractivity contribution in [3.63, 3.8) is 0 Å². The van der Waals surface area contributed by atoms with E-state index in [4.69, 9.17) is 5.73 Å². The van der Waals surface area contributed by atoms with Gasteiger partial charge in [0.2, 0.25) is 0 Å². The van der Waals surface area contributed by atoms with Gasteiger partial charge in [-0.25, -0.2) is 0 Å². The minimum absolute atomic E-state index is 0.119. The first-order chi connectivity index (χ1) is 9.63. The number of anilines is 1. The molecule has 0 aliphatic rings. The molecule has 0 aliphatic carbocycles. The van der Waals surface area contributed by atoms with Gasteiger partial charge in [-0.05, 0) is 37.1 Å². The van der Waals surface area contributed by atoms with E-state index in [9.17, 15) is 4.79 Å². The molecule has 0 atom stereocenters. The lowest BCUT2D eigenvalue weighted by Gasteiger charge is -2.06. The van der Waals surface area contributed by atoms with E-state index in [2.05, 4.69) is 10.4 Å². The highest BCUT2D eigenvalue weighted by Gasteiger charge is 2.11. The molecule has 0 fully saturated rings. The summed E-state index contributed by atoms with van der Waals surface area (Å²) in [6, 6.07) is 7.54. The Hall–Kier alpha value is -2.14. The fraction of sp³-hybridized carbons (Fsp3) is 0.333. The van der Waals surface area contributed by atoms with Crippen LogP contribution in [0.5, 0.6) is 0 Å². The number of rotatable bonds is 5. The van der Waals surface area contributed by atoms with Gasteiger partial charge in [0.05, 0.1) is 11.4 Å². The highest BCUT2D eigenvalue weighted by atomic mass is 16.1. The Bertz CT molecular complexity index is 604. The minimum atomic E-state index is -0.119. The van der Waals surface area contributed by atoms with Crippen LogP contribution < -0.4 is 11.1 Å². The number of nitrogens with zero attached hydrogens (tertiary/aromatic N) is 2. The van der Waals surface area contributed by atoms with Crippen LogP contribution in [0.1, 0.15) is 28.5 Å². The van der Waals surface area contributed by atoms with Crippen molar-refractivity contribution in [2.45, 2.75) is 19.8 Å². The largest absolute Gasteiger partial charge is 0.330 e. The first-order valence-electron chi connectivity index (χ1n) is 6.77. The van der Waals surface area contributed by atoms with Crippen LogP contribution in [0.15, 0.2) is 30.5 Å². The van der Waals surface area contributed by atoms with E-state index >= 15 is 0 Å². The van der Waals surface area contributed by atoms with E-state index in [0.29, 0.717) is 12.1 Å². The second kappa shape index (κ2) is 6.34. The van der Waals surface area contributed by atoms with Crippen LogP contribution in [0.4, 0.5) is 5.69 Å². The fourth-order valence-corrected chi connectivity index (χ4v) is 2.13. The lowest BCUT2D eigenvalue weighted by molar-refractivity contribution is 0.102.